The van der Waals surface area contributed by atoms with Crippen LogP contribution in [0.2, 0.25) is 0 Å². The molecule has 1 aromatic heterocycles. The Balaban J connectivity index is 1.82. The van der Waals surface area contributed by atoms with Crippen LogP contribution in [0.15, 0.2) is 83.8 Å². The number of pyridine rings is 1. The standard InChI is InChI=1S/C24H19NO5/c1-28-17-12-10-16(11-13-17)25-15-22(20-8-3-4-9-21(20)23(25)26)24(27)30-19-7-5-6-18(14-19)29-2/h3-15H,1-2H3. The van der Waals surface area contributed by atoms with Crippen LogP contribution in [0.5, 0.6) is 17.2 Å². The monoisotopic (exact) mass is 401 g/mol. The van der Waals surface area contributed by atoms with Gasteiger partial charge < -0.3 is 14.2 Å². The third-order valence-electron chi connectivity index (χ3n) is 4.75. The Morgan fingerprint density at radius 1 is 0.767 bits per heavy atom. The molecule has 0 unspecified atom stereocenters. The van der Waals surface area contributed by atoms with Crippen molar-refractivity contribution in [1.82, 2.24) is 4.57 Å². The summed E-state index contributed by atoms with van der Waals surface area (Å²) in [5.74, 6) is 1.03. The highest BCUT2D eigenvalue weighted by atomic mass is 16.5. The molecule has 6 heteroatoms. The van der Waals surface area contributed by atoms with Crippen LogP contribution < -0.4 is 19.8 Å². The van der Waals surface area contributed by atoms with Crippen molar-refractivity contribution in [1.29, 1.82) is 0 Å². The topological polar surface area (TPSA) is 66.8 Å². The summed E-state index contributed by atoms with van der Waals surface area (Å²) in [6.07, 6.45) is 1.51. The van der Waals surface area contributed by atoms with Crippen molar-refractivity contribution in [2.45, 2.75) is 0 Å². The van der Waals surface area contributed by atoms with Gasteiger partial charge in [-0.15, -0.1) is 0 Å². The molecule has 0 spiro atoms. The third kappa shape index (κ3) is 3.63. The maximum Gasteiger partial charge on any atom is 0.345 e. The smallest absolute Gasteiger partial charge is 0.345 e. The minimum Gasteiger partial charge on any atom is -0.497 e. The van der Waals surface area contributed by atoms with E-state index in [0.717, 1.165) is 0 Å². The molecule has 1 heterocycles. The van der Waals surface area contributed by atoms with Gasteiger partial charge in [-0.1, -0.05) is 24.3 Å². The third-order valence-corrected chi connectivity index (χ3v) is 4.75. The van der Waals surface area contributed by atoms with Gasteiger partial charge in [-0.3, -0.25) is 9.36 Å². The van der Waals surface area contributed by atoms with Crippen LogP contribution in [0, 0.1) is 0 Å². The average molecular weight is 401 g/mol. The first kappa shape index (κ1) is 19.3. The van der Waals surface area contributed by atoms with E-state index in [4.69, 9.17) is 14.2 Å². The number of fused-ring (bicyclic) bond motifs is 1. The van der Waals surface area contributed by atoms with Crippen molar-refractivity contribution in [3.05, 3.63) is 94.9 Å². The van der Waals surface area contributed by atoms with E-state index in [9.17, 15) is 9.59 Å². The lowest BCUT2D eigenvalue weighted by Gasteiger charge is -2.13. The van der Waals surface area contributed by atoms with E-state index in [1.165, 1.54) is 10.8 Å². The Morgan fingerprint density at radius 2 is 1.43 bits per heavy atom. The van der Waals surface area contributed by atoms with Gasteiger partial charge in [0.2, 0.25) is 0 Å². The summed E-state index contributed by atoms with van der Waals surface area (Å²) in [5, 5.41) is 0.952. The van der Waals surface area contributed by atoms with Crippen molar-refractivity contribution in [3.8, 4) is 22.9 Å². The molecule has 0 aliphatic carbocycles. The second-order valence-corrected chi connectivity index (χ2v) is 6.53. The van der Waals surface area contributed by atoms with Gasteiger partial charge in [-0.2, -0.15) is 0 Å². The zero-order chi connectivity index (χ0) is 21.1. The van der Waals surface area contributed by atoms with Crippen molar-refractivity contribution in [3.63, 3.8) is 0 Å². The summed E-state index contributed by atoms with van der Waals surface area (Å²) in [4.78, 5) is 26.1. The summed E-state index contributed by atoms with van der Waals surface area (Å²) in [6.45, 7) is 0. The summed E-state index contributed by atoms with van der Waals surface area (Å²) >= 11 is 0. The molecule has 0 saturated carbocycles. The molecule has 0 fully saturated rings. The molecule has 0 radical (unpaired) electrons. The highest BCUT2D eigenvalue weighted by Crippen LogP contribution is 2.23. The molecule has 4 rings (SSSR count). The Labute approximate surface area is 172 Å². The minimum atomic E-state index is -0.568. The number of esters is 1. The largest absolute Gasteiger partial charge is 0.497 e. The molecular weight excluding hydrogens is 382 g/mol. The predicted octanol–water partition coefficient (Wildman–Crippen LogP) is 4.23. The molecule has 0 atom stereocenters. The number of benzene rings is 3. The first-order chi connectivity index (χ1) is 14.6. The fourth-order valence-electron chi connectivity index (χ4n) is 3.22. The molecule has 0 N–H and O–H groups in total. The van der Waals surface area contributed by atoms with Gasteiger partial charge in [0.05, 0.1) is 19.8 Å². The van der Waals surface area contributed by atoms with Crippen LogP contribution in [0.3, 0.4) is 0 Å². The van der Waals surface area contributed by atoms with E-state index in [1.54, 1.807) is 87.0 Å². The van der Waals surface area contributed by atoms with Gasteiger partial charge in [0.1, 0.15) is 17.2 Å². The number of hydrogen-bond acceptors (Lipinski definition) is 5. The van der Waals surface area contributed by atoms with E-state index in [1.807, 2.05) is 0 Å². The van der Waals surface area contributed by atoms with Gasteiger partial charge in [-0.25, -0.2) is 4.79 Å². The molecular formula is C24H19NO5. The lowest BCUT2D eigenvalue weighted by Crippen LogP contribution is -2.22. The zero-order valence-electron chi connectivity index (χ0n) is 16.5. The zero-order valence-corrected chi connectivity index (χ0v) is 16.5. The molecule has 150 valence electrons. The van der Waals surface area contributed by atoms with Gasteiger partial charge in [-0.05, 0) is 42.5 Å². The summed E-state index contributed by atoms with van der Waals surface area (Å²) < 4.78 is 17.4. The number of ether oxygens (including phenoxy) is 3. The summed E-state index contributed by atoms with van der Waals surface area (Å²) in [6, 6.07) is 20.8. The number of aromatic nitrogens is 1. The van der Waals surface area contributed by atoms with Crippen molar-refractivity contribution in [2.75, 3.05) is 14.2 Å². The summed E-state index contributed by atoms with van der Waals surface area (Å²) in [5.41, 5.74) is 0.666. The number of rotatable bonds is 5. The molecule has 0 aliphatic rings. The summed E-state index contributed by atoms with van der Waals surface area (Å²) in [7, 11) is 3.11. The molecule has 30 heavy (non-hydrogen) atoms. The fourth-order valence-corrected chi connectivity index (χ4v) is 3.22. The number of nitrogens with zero attached hydrogens (tertiary/aromatic N) is 1. The predicted molar refractivity (Wildman–Crippen MR) is 114 cm³/mol. The van der Waals surface area contributed by atoms with E-state index < -0.39 is 5.97 Å². The molecule has 0 amide bonds. The quantitative estimate of drug-likeness (QED) is 0.370. The van der Waals surface area contributed by atoms with Crippen LogP contribution in [-0.4, -0.2) is 24.8 Å². The normalized spacial score (nSPS) is 10.6. The SMILES string of the molecule is COc1ccc(-n2cc(C(=O)Oc3cccc(OC)c3)c3ccccc3c2=O)cc1. The number of carbonyl (C=O) groups excluding carboxylic acids is 1. The Morgan fingerprint density at radius 3 is 2.13 bits per heavy atom. The number of carbonyl (C=O) groups is 1. The first-order valence-corrected chi connectivity index (χ1v) is 9.26. The van der Waals surface area contributed by atoms with Crippen molar-refractivity contribution < 1.29 is 19.0 Å². The molecule has 4 aromatic rings. The van der Waals surface area contributed by atoms with E-state index in [-0.39, 0.29) is 11.1 Å². The molecule has 3 aromatic carbocycles. The van der Waals surface area contributed by atoms with Crippen LogP contribution >= 0.6 is 0 Å². The number of methoxy groups -OCH3 is 2. The van der Waals surface area contributed by atoms with E-state index in [0.29, 0.717) is 33.7 Å². The van der Waals surface area contributed by atoms with Crippen LogP contribution in [0.1, 0.15) is 10.4 Å². The lowest BCUT2D eigenvalue weighted by molar-refractivity contribution is 0.0736. The van der Waals surface area contributed by atoms with Crippen LogP contribution in [0.4, 0.5) is 0 Å². The Hall–Kier alpha value is -4.06. The number of hydrogen-bond donors (Lipinski definition) is 0. The minimum absolute atomic E-state index is 0.228. The van der Waals surface area contributed by atoms with Gasteiger partial charge in [0.15, 0.2) is 0 Å². The lowest BCUT2D eigenvalue weighted by atomic mass is 10.1. The van der Waals surface area contributed by atoms with E-state index >= 15 is 0 Å². The second-order valence-electron chi connectivity index (χ2n) is 6.53. The van der Waals surface area contributed by atoms with E-state index in [2.05, 4.69) is 0 Å². The van der Waals surface area contributed by atoms with Gasteiger partial charge >= 0.3 is 5.97 Å². The second kappa shape index (κ2) is 8.13. The average Bonchev–Trinajstić information content (AvgIpc) is 2.79. The highest BCUT2D eigenvalue weighted by Gasteiger charge is 2.17. The molecule has 0 bridgehead atoms. The fraction of sp³-hybridized carbons (Fsp3) is 0.0833. The van der Waals surface area contributed by atoms with Crippen molar-refractivity contribution in [2.24, 2.45) is 0 Å². The van der Waals surface area contributed by atoms with Gasteiger partial charge in [0, 0.05) is 28.7 Å². The van der Waals surface area contributed by atoms with Crippen LogP contribution in [-0.2, 0) is 0 Å². The Bertz CT molecular complexity index is 1280. The van der Waals surface area contributed by atoms with Crippen LogP contribution in [0.25, 0.3) is 16.5 Å². The Kier molecular flexibility index (Phi) is 5.22. The maximum absolute atomic E-state index is 13.1. The van der Waals surface area contributed by atoms with Crippen molar-refractivity contribution >= 4 is 16.7 Å². The first-order valence-electron chi connectivity index (χ1n) is 9.26. The highest BCUT2D eigenvalue weighted by molar-refractivity contribution is 6.04. The molecule has 0 saturated heterocycles. The maximum atomic E-state index is 13.1. The van der Waals surface area contributed by atoms with Gasteiger partial charge in [0.25, 0.3) is 5.56 Å². The molecule has 0 aliphatic heterocycles. The molecule has 6 nitrogen and oxygen atoms in total.